The summed E-state index contributed by atoms with van der Waals surface area (Å²) in [6.07, 6.45) is -4.04. The smallest absolute Gasteiger partial charge is 0.345 e. The average molecular weight is 548 g/mol. The van der Waals surface area contributed by atoms with Crippen LogP contribution < -0.4 is 9.47 Å². The molecule has 13 nitrogen and oxygen atoms in total. The summed E-state index contributed by atoms with van der Waals surface area (Å²) in [7, 11) is 3.47. The van der Waals surface area contributed by atoms with Crippen molar-refractivity contribution >= 4 is 23.9 Å². The fraction of sp³-hybridized carbons (Fsp3) is 0.538. The van der Waals surface area contributed by atoms with Crippen molar-refractivity contribution in [2.45, 2.75) is 67.5 Å². The molecule has 5 rings (SSSR count). The lowest BCUT2D eigenvalue weighted by molar-refractivity contribution is -0.176. The van der Waals surface area contributed by atoms with Gasteiger partial charge in [0.15, 0.2) is 23.7 Å². The second kappa shape index (κ2) is 9.50. The van der Waals surface area contributed by atoms with E-state index in [9.17, 15) is 29.4 Å². The Kier molecular flexibility index (Phi) is 6.56. The summed E-state index contributed by atoms with van der Waals surface area (Å²) < 4.78 is 22.0. The highest BCUT2D eigenvalue weighted by atomic mass is 16.6. The monoisotopic (exact) mass is 547 g/mol. The van der Waals surface area contributed by atoms with Crippen molar-refractivity contribution in [1.29, 1.82) is 0 Å². The number of benzene rings is 1. The first-order valence-corrected chi connectivity index (χ1v) is 12.5. The molecule has 0 unspecified atom stereocenters. The summed E-state index contributed by atoms with van der Waals surface area (Å²) in [6, 6.07) is 3.55. The molecule has 0 amide bonds. The number of likely N-dealkylation sites (N-methyl/N-ethyl adjacent to an activating group) is 1. The van der Waals surface area contributed by atoms with Crippen LogP contribution in [0.1, 0.15) is 36.8 Å². The Labute approximate surface area is 222 Å². The number of piperidine rings is 1. The lowest BCUT2D eigenvalue weighted by Gasteiger charge is -2.61. The van der Waals surface area contributed by atoms with Gasteiger partial charge in [0.1, 0.15) is 5.76 Å². The van der Waals surface area contributed by atoms with Gasteiger partial charge in [-0.15, -0.1) is 0 Å². The Balaban J connectivity index is 1.38. The number of carboxylic acids is 2. The van der Waals surface area contributed by atoms with Gasteiger partial charge in [0.2, 0.25) is 6.10 Å². The van der Waals surface area contributed by atoms with Gasteiger partial charge in [-0.25, -0.2) is 9.59 Å². The number of nitrogens with zero attached hydrogens (tertiary/aromatic N) is 1. The molecule has 2 heterocycles. The molecular formula is C26H29NO12. The Morgan fingerprint density at radius 1 is 1.21 bits per heavy atom. The molecule has 13 heteroatoms. The molecule has 0 saturated carbocycles. The van der Waals surface area contributed by atoms with E-state index in [0.29, 0.717) is 30.9 Å². The molecule has 1 fully saturated rings. The fourth-order valence-electron chi connectivity index (χ4n) is 6.56. The minimum absolute atomic E-state index is 0.119. The summed E-state index contributed by atoms with van der Waals surface area (Å²) in [6.45, 7) is 0.662. The number of aliphatic carboxylic acids is 2. The number of carboxylic acid groups (broad SMARTS) is 2. The molecule has 1 aromatic rings. The van der Waals surface area contributed by atoms with E-state index in [1.807, 2.05) is 13.1 Å². The van der Waals surface area contributed by atoms with Crippen molar-refractivity contribution in [1.82, 2.24) is 4.90 Å². The minimum atomic E-state index is -2.09. The summed E-state index contributed by atoms with van der Waals surface area (Å²) in [4.78, 5) is 49.0. The molecule has 4 aliphatic rings. The van der Waals surface area contributed by atoms with Crippen molar-refractivity contribution in [3.63, 3.8) is 0 Å². The van der Waals surface area contributed by atoms with E-state index >= 15 is 0 Å². The van der Waals surface area contributed by atoms with Crippen LogP contribution in [0.2, 0.25) is 0 Å². The molecule has 1 aromatic carbocycles. The molecular weight excluding hydrogens is 518 g/mol. The zero-order valence-electron chi connectivity index (χ0n) is 21.3. The molecule has 39 heavy (non-hydrogen) atoms. The van der Waals surface area contributed by atoms with Gasteiger partial charge < -0.3 is 44.3 Å². The number of aliphatic hydroxyl groups excluding tert-OH is 1. The zero-order valence-corrected chi connectivity index (χ0v) is 21.3. The van der Waals surface area contributed by atoms with Crippen LogP contribution in [0.5, 0.6) is 11.5 Å². The van der Waals surface area contributed by atoms with Crippen molar-refractivity contribution in [2.75, 3.05) is 20.7 Å². The molecule has 2 bridgehead atoms. The van der Waals surface area contributed by atoms with Gasteiger partial charge in [-0.2, -0.15) is 0 Å². The van der Waals surface area contributed by atoms with E-state index in [1.165, 1.54) is 7.11 Å². The number of hydrogen-bond acceptors (Lipinski definition) is 11. The Hall–Kier alpha value is -3.68. The molecule has 210 valence electrons. The second-order valence-corrected chi connectivity index (χ2v) is 10.3. The van der Waals surface area contributed by atoms with E-state index in [0.717, 1.165) is 11.1 Å². The lowest BCUT2D eigenvalue weighted by atomic mass is 9.50. The predicted molar refractivity (Wildman–Crippen MR) is 128 cm³/mol. The number of aliphatic hydroxyl groups is 2. The maximum Gasteiger partial charge on any atom is 0.345 e. The van der Waals surface area contributed by atoms with E-state index in [2.05, 4.69) is 9.64 Å². The third-order valence-electron chi connectivity index (χ3n) is 8.32. The first kappa shape index (κ1) is 26.9. The van der Waals surface area contributed by atoms with Crippen molar-refractivity contribution < 1.29 is 58.6 Å². The molecule has 4 N–H and O–H groups in total. The molecule has 1 spiro atoms. The molecule has 2 aliphatic heterocycles. The highest BCUT2D eigenvalue weighted by molar-refractivity contribution is 5.86. The van der Waals surface area contributed by atoms with E-state index in [4.69, 9.17) is 24.4 Å². The van der Waals surface area contributed by atoms with Crippen LogP contribution in [0.15, 0.2) is 24.0 Å². The van der Waals surface area contributed by atoms with E-state index in [-0.39, 0.29) is 18.2 Å². The van der Waals surface area contributed by atoms with Gasteiger partial charge in [-0.05, 0) is 44.1 Å². The Bertz CT molecular complexity index is 1280. The predicted octanol–water partition coefficient (Wildman–Crippen LogP) is -0.262. The Morgan fingerprint density at radius 3 is 2.62 bits per heavy atom. The summed E-state index contributed by atoms with van der Waals surface area (Å²) in [5.74, 6) is -4.66. The van der Waals surface area contributed by atoms with Crippen molar-refractivity contribution in [3.05, 3.63) is 35.1 Å². The molecule has 1 saturated heterocycles. The maximum atomic E-state index is 12.8. The lowest BCUT2D eigenvalue weighted by Crippen LogP contribution is -2.74. The van der Waals surface area contributed by atoms with Crippen molar-refractivity contribution in [2.24, 2.45) is 0 Å². The topological polar surface area (TPSA) is 189 Å². The number of hydrogen-bond donors (Lipinski definition) is 4. The van der Waals surface area contributed by atoms with Crippen LogP contribution >= 0.6 is 0 Å². The van der Waals surface area contributed by atoms with Crippen LogP contribution in [0, 0.1) is 0 Å². The summed E-state index contributed by atoms with van der Waals surface area (Å²) in [5.41, 5.74) is -0.295. The van der Waals surface area contributed by atoms with Gasteiger partial charge in [0, 0.05) is 18.0 Å². The quantitative estimate of drug-likeness (QED) is 0.296. The number of methoxy groups -OCH3 is 1. The SMILES string of the molecule is COc1ccc2c3c1O[C@H]1C(OC(=O)C[C@H](O)C(=O)O[C@H](CC(=O)O)C(=O)O)=CC[C@@]4(O)[C@@H](C2)N(C)CC[C@]314. The highest BCUT2D eigenvalue weighted by Gasteiger charge is 2.72. The van der Waals surface area contributed by atoms with Gasteiger partial charge in [0.25, 0.3) is 0 Å². The Morgan fingerprint density at radius 2 is 1.95 bits per heavy atom. The maximum absolute atomic E-state index is 12.8. The number of carbonyl (C=O) groups excluding carboxylic acids is 2. The van der Waals surface area contributed by atoms with Crippen molar-refractivity contribution in [3.8, 4) is 11.5 Å². The molecule has 6 atom stereocenters. The molecule has 0 aromatic heterocycles. The van der Waals surface area contributed by atoms with Crippen LogP contribution in [0.3, 0.4) is 0 Å². The molecule has 2 aliphatic carbocycles. The van der Waals surface area contributed by atoms with Gasteiger partial charge >= 0.3 is 23.9 Å². The first-order valence-electron chi connectivity index (χ1n) is 12.5. The minimum Gasteiger partial charge on any atom is -0.493 e. The number of rotatable bonds is 9. The van der Waals surface area contributed by atoms with Crippen LogP contribution in [-0.4, -0.2) is 99.9 Å². The largest absolute Gasteiger partial charge is 0.493 e. The second-order valence-electron chi connectivity index (χ2n) is 10.3. The number of esters is 2. The number of likely N-dealkylation sites (tertiary alicyclic amines) is 1. The van der Waals surface area contributed by atoms with E-state index in [1.54, 1.807) is 12.1 Å². The van der Waals surface area contributed by atoms with Gasteiger partial charge in [-0.3, -0.25) is 9.59 Å². The first-order chi connectivity index (χ1) is 18.4. The van der Waals surface area contributed by atoms with E-state index < -0.39 is 66.0 Å². The molecule has 0 radical (unpaired) electrons. The van der Waals surface area contributed by atoms with Crippen LogP contribution in [0.25, 0.3) is 0 Å². The van der Waals surface area contributed by atoms with Crippen LogP contribution in [-0.2, 0) is 40.5 Å². The summed E-state index contributed by atoms with van der Waals surface area (Å²) in [5, 5.41) is 40.1. The third kappa shape index (κ3) is 4.03. The van der Waals surface area contributed by atoms with Crippen LogP contribution in [0.4, 0.5) is 0 Å². The standard InChI is InChI=1S/C26H29NO12/c1-27-8-7-25-20-12-3-4-14(36-2)21(20)39-22(25)15(5-6-26(25,35)17(27)9-12)37-19(31)10-13(28)24(34)38-16(23(32)33)11-18(29)30/h3-5,13,16-17,22,28,35H,6-11H2,1-2H3,(H,29,30)(H,32,33)/t13-,16+,17+,22-,25-,26+/m0/s1. The average Bonchev–Trinajstić information content (AvgIpc) is 3.22. The fourth-order valence-corrected chi connectivity index (χ4v) is 6.56. The van der Waals surface area contributed by atoms with Gasteiger partial charge in [-0.1, -0.05) is 6.07 Å². The highest BCUT2D eigenvalue weighted by Crippen LogP contribution is 2.65. The van der Waals surface area contributed by atoms with Gasteiger partial charge in [0.05, 0.1) is 31.0 Å². The third-order valence-corrected chi connectivity index (χ3v) is 8.32. The normalized spacial score (nSPS) is 29.7. The summed E-state index contributed by atoms with van der Waals surface area (Å²) >= 11 is 0. The number of ether oxygens (including phenoxy) is 4. The zero-order chi connectivity index (χ0) is 28.3. The number of carbonyl (C=O) groups is 4.